The van der Waals surface area contributed by atoms with Gasteiger partial charge in [0.15, 0.2) is 0 Å². The van der Waals surface area contributed by atoms with E-state index in [4.69, 9.17) is 11.6 Å². The Morgan fingerprint density at radius 2 is 1.31 bits per heavy atom. The molecule has 0 aliphatic rings. The first-order chi connectivity index (χ1) is 5.55. The lowest BCUT2D eigenvalue weighted by Gasteiger charge is -2.19. The van der Waals surface area contributed by atoms with Gasteiger partial charge in [0.05, 0.1) is 5.03 Å². The van der Waals surface area contributed by atoms with E-state index in [1.165, 1.54) is 5.57 Å². The molecule has 0 N–H and O–H groups in total. The van der Waals surface area contributed by atoms with Gasteiger partial charge in [-0.15, -0.1) is 5.73 Å². The molecule has 0 aliphatic heterocycles. The van der Waals surface area contributed by atoms with Crippen molar-refractivity contribution in [3.63, 3.8) is 0 Å². The van der Waals surface area contributed by atoms with Crippen LogP contribution in [0.15, 0.2) is 16.3 Å². The molecule has 0 unspecified atom stereocenters. The third-order valence-electron chi connectivity index (χ3n) is 2.08. The third kappa shape index (κ3) is 4.55. The second-order valence-corrected chi connectivity index (χ2v) is 5.94. The van der Waals surface area contributed by atoms with Crippen molar-refractivity contribution in [2.24, 2.45) is 10.8 Å². The van der Waals surface area contributed by atoms with Crippen molar-refractivity contribution < 1.29 is 0 Å². The van der Waals surface area contributed by atoms with Crippen LogP contribution in [0.1, 0.15) is 48.5 Å². The summed E-state index contributed by atoms with van der Waals surface area (Å²) in [4.78, 5) is 0. The Morgan fingerprint density at radius 3 is 1.54 bits per heavy atom. The molecule has 0 aromatic rings. The third-order valence-corrected chi connectivity index (χ3v) is 2.74. The summed E-state index contributed by atoms with van der Waals surface area (Å²) in [6.45, 7) is 14.9. The molecule has 1 heteroatoms. The van der Waals surface area contributed by atoms with Crippen molar-refractivity contribution in [3.05, 3.63) is 16.3 Å². The highest BCUT2D eigenvalue weighted by Crippen LogP contribution is 2.30. The minimum Gasteiger partial charge on any atom is -0.105 e. The molecule has 0 amide bonds. The maximum absolute atomic E-state index is 6.14. The van der Waals surface area contributed by atoms with Crippen LogP contribution in [-0.2, 0) is 0 Å². The van der Waals surface area contributed by atoms with Crippen LogP contribution < -0.4 is 0 Å². The van der Waals surface area contributed by atoms with Gasteiger partial charge in [-0.05, 0) is 17.9 Å². The van der Waals surface area contributed by atoms with Gasteiger partial charge in [0, 0.05) is 5.41 Å². The molecule has 0 nitrogen and oxygen atoms in total. The van der Waals surface area contributed by atoms with Crippen LogP contribution >= 0.6 is 11.6 Å². The average molecular weight is 201 g/mol. The Bertz CT molecular complexity index is 215. The number of rotatable bonds is 0. The van der Waals surface area contributed by atoms with Crippen LogP contribution in [0.5, 0.6) is 0 Å². The van der Waals surface area contributed by atoms with Crippen LogP contribution in [0.25, 0.3) is 0 Å². The van der Waals surface area contributed by atoms with Crippen LogP contribution in [0, 0.1) is 10.8 Å². The van der Waals surface area contributed by atoms with Gasteiger partial charge >= 0.3 is 0 Å². The predicted octanol–water partition coefficient (Wildman–Crippen LogP) is 4.75. The van der Waals surface area contributed by atoms with Gasteiger partial charge in [0.1, 0.15) is 0 Å². The number of halogens is 1. The molecular formula is C12H21Cl. The fraction of sp³-hybridized carbons (Fsp3) is 0.750. The number of hydrogen-bond acceptors (Lipinski definition) is 0. The first-order valence-electron chi connectivity index (χ1n) is 4.69. The van der Waals surface area contributed by atoms with Crippen LogP contribution in [-0.4, -0.2) is 0 Å². The lowest BCUT2D eigenvalue weighted by molar-refractivity contribution is 0.499. The summed E-state index contributed by atoms with van der Waals surface area (Å²) in [7, 11) is 0. The molecule has 0 fully saturated rings. The zero-order valence-corrected chi connectivity index (χ0v) is 10.6. The molecule has 0 saturated heterocycles. The summed E-state index contributed by atoms with van der Waals surface area (Å²) < 4.78 is 0. The predicted molar refractivity (Wildman–Crippen MR) is 61.0 cm³/mol. The molecule has 0 aromatic carbocycles. The van der Waals surface area contributed by atoms with Crippen molar-refractivity contribution in [1.82, 2.24) is 0 Å². The van der Waals surface area contributed by atoms with Gasteiger partial charge < -0.3 is 0 Å². The topological polar surface area (TPSA) is 0 Å². The Hall–Kier alpha value is -0.190. The maximum atomic E-state index is 6.14. The Labute approximate surface area is 87.7 Å². The number of hydrogen-bond donors (Lipinski definition) is 0. The fourth-order valence-corrected chi connectivity index (χ4v) is 0.681. The van der Waals surface area contributed by atoms with E-state index in [0.29, 0.717) is 0 Å². The Balaban J connectivity index is 5.13. The van der Waals surface area contributed by atoms with Gasteiger partial charge in [-0.1, -0.05) is 53.1 Å². The van der Waals surface area contributed by atoms with Gasteiger partial charge in [0.2, 0.25) is 0 Å². The van der Waals surface area contributed by atoms with E-state index < -0.39 is 0 Å². The van der Waals surface area contributed by atoms with Crippen molar-refractivity contribution in [3.8, 4) is 0 Å². The fourth-order valence-electron chi connectivity index (χ4n) is 0.540. The summed E-state index contributed by atoms with van der Waals surface area (Å²) in [6, 6.07) is 0. The molecule has 0 heterocycles. The maximum Gasteiger partial charge on any atom is 0.0650 e. The van der Waals surface area contributed by atoms with E-state index in [-0.39, 0.29) is 10.8 Å². The quantitative estimate of drug-likeness (QED) is 0.496. The van der Waals surface area contributed by atoms with Crippen LogP contribution in [0.2, 0.25) is 0 Å². The zero-order chi connectivity index (χ0) is 10.9. The van der Waals surface area contributed by atoms with Crippen LogP contribution in [0.4, 0.5) is 0 Å². The molecule has 0 radical (unpaired) electrons. The lowest BCUT2D eigenvalue weighted by Crippen LogP contribution is -2.08. The summed E-state index contributed by atoms with van der Waals surface area (Å²) >= 11 is 6.14. The molecule has 0 saturated carbocycles. The van der Waals surface area contributed by atoms with E-state index in [1.54, 1.807) is 0 Å². The average Bonchev–Trinajstić information content (AvgIpc) is 1.82. The van der Waals surface area contributed by atoms with E-state index in [2.05, 4.69) is 54.2 Å². The Kier molecular flexibility index (Phi) is 3.84. The minimum absolute atomic E-state index is 0.00800. The van der Waals surface area contributed by atoms with E-state index in [9.17, 15) is 0 Å². The van der Waals surface area contributed by atoms with Gasteiger partial charge in [0.25, 0.3) is 0 Å². The molecular weight excluding hydrogens is 180 g/mol. The molecule has 13 heavy (non-hydrogen) atoms. The highest BCUT2D eigenvalue weighted by atomic mass is 35.5. The highest BCUT2D eigenvalue weighted by molar-refractivity contribution is 6.30. The monoisotopic (exact) mass is 200 g/mol. The van der Waals surface area contributed by atoms with Gasteiger partial charge in [-0.25, -0.2) is 0 Å². The van der Waals surface area contributed by atoms with Crippen molar-refractivity contribution >= 4 is 11.6 Å². The summed E-state index contributed by atoms with van der Waals surface area (Å²) in [5.41, 5.74) is 4.63. The largest absolute Gasteiger partial charge is 0.105 e. The lowest BCUT2D eigenvalue weighted by atomic mass is 9.87. The zero-order valence-electron chi connectivity index (χ0n) is 9.88. The minimum atomic E-state index is 0.00800. The highest BCUT2D eigenvalue weighted by Gasteiger charge is 2.17. The molecule has 0 aliphatic carbocycles. The van der Waals surface area contributed by atoms with E-state index in [1.807, 2.05) is 0 Å². The molecule has 0 atom stereocenters. The number of allylic oxidation sites excluding steroid dienone is 1. The van der Waals surface area contributed by atoms with Crippen molar-refractivity contribution in [1.29, 1.82) is 0 Å². The molecule has 0 spiro atoms. The second-order valence-electron chi connectivity index (χ2n) is 5.56. The summed E-state index contributed by atoms with van der Waals surface area (Å²) in [5.74, 6) is 0. The van der Waals surface area contributed by atoms with Gasteiger partial charge in [-0.3, -0.25) is 0 Å². The second kappa shape index (κ2) is 3.90. The first kappa shape index (κ1) is 12.8. The van der Waals surface area contributed by atoms with Crippen molar-refractivity contribution in [2.45, 2.75) is 48.5 Å². The Morgan fingerprint density at radius 1 is 0.923 bits per heavy atom. The van der Waals surface area contributed by atoms with E-state index >= 15 is 0 Å². The van der Waals surface area contributed by atoms with Gasteiger partial charge in [-0.2, -0.15) is 0 Å². The standard InChI is InChI=1S/C12H21Cl/c1-9(11(2,3)4)8-10(13)12(5,6)7/h1-7H3. The normalized spacial score (nSPS) is 12.3. The summed E-state index contributed by atoms with van der Waals surface area (Å²) in [6.07, 6.45) is 0. The van der Waals surface area contributed by atoms with E-state index in [0.717, 1.165) is 5.03 Å². The molecule has 0 rings (SSSR count). The smallest absolute Gasteiger partial charge is 0.0650 e. The SMILES string of the molecule is CC(=C=C(Cl)C(C)(C)C)C(C)(C)C. The molecule has 0 aromatic heterocycles. The first-order valence-corrected chi connectivity index (χ1v) is 5.07. The van der Waals surface area contributed by atoms with Crippen molar-refractivity contribution in [2.75, 3.05) is 0 Å². The molecule has 0 bridgehead atoms. The molecule has 76 valence electrons. The summed E-state index contributed by atoms with van der Waals surface area (Å²) in [5, 5.41) is 0.805. The van der Waals surface area contributed by atoms with Crippen LogP contribution in [0.3, 0.4) is 0 Å².